The van der Waals surface area contributed by atoms with Crippen LogP contribution in [0.4, 0.5) is 0 Å². The van der Waals surface area contributed by atoms with Gasteiger partial charge in [-0.1, -0.05) is 30.3 Å². The number of carboxylic acids is 1. The van der Waals surface area contributed by atoms with E-state index in [4.69, 9.17) is 16.5 Å². The van der Waals surface area contributed by atoms with Crippen molar-refractivity contribution >= 4 is 28.6 Å². The van der Waals surface area contributed by atoms with Crippen molar-refractivity contribution < 1.29 is 14.6 Å². The number of halogens is 1. The molecule has 2 N–H and O–H groups in total. The molecule has 0 bridgehead atoms. The fourth-order valence-electron chi connectivity index (χ4n) is 2.94. The summed E-state index contributed by atoms with van der Waals surface area (Å²) in [5.74, 6) is -0.152. The Bertz CT molecular complexity index is 874. The van der Waals surface area contributed by atoms with E-state index in [0.29, 0.717) is 13.0 Å². The zero-order valence-electron chi connectivity index (χ0n) is 13.8. The zero-order valence-corrected chi connectivity index (χ0v) is 14.5. The van der Waals surface area contributed by atoms with Gasteiger partial charge < -0.3 is 14.4 Å². The van der Waals surface area contributed by atoms with Crippen molar-refractivity contribution in [2.24, 2.45) is 0 Å². The molecule has 1 heterocycles. The predicted octanol–water partition coefficient (Wildman–Crippen LogP) is 3.44. The molecule has 130 valence electrons. The van der Waals surface area contributed by atoms with Gasteiger partial charge in [-0.15, -0.1) is 0 Å². The second kappa shape index (κ2) is 7.59. The van der Waals surface area contributed by atoms with Gasteiger partial charge in [0.05, 0.1) is 7.11 Å². The van der Waals surface area contributed by atoms with Crippen LogP contribution >= 0.6 is 11.8 Å². The van der Waals surface area contributed by atoms with Gasteiger partial charge in [0.2, 0.25) is 0 Å². The third-order valence-electron chi connectivity index (χ3n) is 4.24. The summed E-state index contributed by atoms with van der Waals surface area (Å²) in [6, 6.07) is 15.0. The molecule has 1 aromatic heterocycles. The lowest BCUT2D eigenvalue weighted by Gasteiger charge is -2.08. The van der Waals surface area contributed by atoms with Crippen molar-refractivity contribution in [3.05, 3.63) is 65.9 Å². The van der Waals surface area contributed by atoms with Crippen LogP contribution in [-0.2, 0) is 17.8 Å². The van der Waals surface area contributed by atoms with E-state index < -0.39 is 12.0 Å². The monoisotopic (exact) mass is 358 g/mol. The predicted molar refractivity (Wildman–Crippen MR) is 98.2 cm³/mol. The van der Waals surface area contributed by atoms with Gasteiger partial charge in [0.25, 0.3) is 0 Å². The molecular weight excluding hydrogens is 340 g/mol. The normalized spacial score (nSPS) is 12.2. The fraction of sp³-hybridized carbons (Fsp3) is 0.211. The number of fused-ring (bicyclic) bond motifs is 1. The molecule has 3 rings (SSSR count). The maximum Gasteiger partial charge on any atom is 0.322 e. The standard InChI is InChI=1S/C19H19ClN2O3/c1-25-15-8-6-13(7-9-15)11-22-12-14(10-17(21-20)19(23)24)16-4-2-3-5-18(16)22/h2-9,12,17,21H,10-11H2,1H3,(H,23,24). The average molecular weight is 359 g/mol. The number of carboxylic acid groups (broad SMARTS) is 1. The van der Waals surface area contributed by atoms with Gasteiger partial charge in [0.15, 0.2) is 0 Å². The number of nitrogens with one attached hydrogen (secondary N) is 1. The first-order valence-electron chi connectivity index (χ1n) is 7.91. The van der Waals surface area contributed by atoms with Gasteiger partial charge in [-0.25, -0.2) is 4.84 Å². The first kappa shape index (κ1) is 17.3. The largest absolute Gasteiger partial charge is 0.497 e. The smallest absolute Gasteiger partial charge is 0.322 e. The Labute approximate surface area is 150 Å². The summed E-state index contributed by atoms with van der Waals surface area (Å²) in [5, 5.41) is 10.3. The number of methoxy groups -OCH3 is 1. The van der Waals surface area contributed by atoms with Crippen molar-refractivity contribution in [2.45, 2.75) is 19.0 Å². The zero-order chi connectivity index (χ0) is 17.8. The van der Waals surface area contributed by atoms with Gasteiger partial charge in [0, 0.05) is 30.1 Å². The lowest BCUT2D eigenvalue weighted by atomic mass is 10.1. The minimum Gasteiger partial charge on any atom is -0.497 e. The highest BCUT2D eigenvalue weighted by molar-refractivity contribution is 6.14. The molecule has 0 fully saturated rings. The minimum atomic E-state index is -0.970. The molecule has 6 heteroatoms. The molecule has 5 nitrogen and oxygen atoms in total. The van der Waals surface area contributed by atoms with Gasteiger partial charge >= 0.3 is 5.97 Å². The number of aromatic nitrogens is 1. The van der Waals surface area contributed by atoms with E-state index >= 15 is 0 Å². The van der Waals surface area contributed by atoms with Crippen molar-refractivity contribution in [2.75, 3.05) is 7.11 Å². The summed E-state index contributed by atoms with van der Waals surface area (Å²) in [6.45, 7) is 0.691. The van der Waals surface area contributed by atoms with E-state index in [9.17, 15) is 9.90 Å². The summed E-state index contributed by atoms with van der Waals surface area (Å²) in [5.41, 5.74) is 3.15. The van der Waals surface area contributed by atoms with Crippen LogP contribution in [0.5, 0.6) is 5.75 Å². The van der Waals surface area contributed by atoms with Crippen LogP contribution in [0.3, 0.4) is 0 Å². The molecule has 0 amide bonds. The number of rotatable bonds is 7. The quantitative estimate of drug-likeness (QED) is 0.635. The molecule has 0 aliphatic carbocycles. The molecular formula is C19H19ClN2O3. The van der Waals surface area contributed by atoms with Crippen LogP contribution in [0.15, 0.2) is 54.7 Å². The molecule has 0 saturated heterocycles. The Hall–Kier alpha value is -2.50. The van der Waals surface area contributed by atoms with Crippen molar-refractivity contribution in [3.63, 3.8) is 0 Å². The van der Waals surface area contributed by atoms with E-state index in [1.54, 1.807) is 7.11 Å². The third-order valence-corrected chi connectivity index (χ3v) is 4.50. The number of ether oxygens (including phenoxy) is 1. The van der Waals surface area contributed by atoms with E-state index in [1.807, 2.05) is 54.7 Å². The van der Waals surface area contributed by atoms with Crippen LogP contribution in [0, 0.1) is 0 Å². The van der Waals surface area contributed by atoms with Gasteiger partial charge in [-0.2, -0.15) is 0 Å². The van der Waals surface area contributed by atoms with E-state index in [-0.39, 0.29) is 0 Å². The van der Waals surface area contributed by atoms with E-state index in [0.717, 1.165) is 27.8 Å². The SMILES string of the molecule is COc1ccc(Cn2cc(CC(NCl)C(=O)O)c3ccccc32)cc1. The van der Waals surface area contributed by atoms with Crippen LogP contribution in [0.2, 0.25) is 0 Å². The van der Waals surface area contributed by atoms with Gasteiger partial charge in [0.1, 0.15) is 11.8 Å². The Morgan fingerprint density at radius 2 is 1.96 bits per heavy atom. The van der Waals surface area contributed by atoms with Crippen LogP contribution in [0.25, 0.3) is 10.9 Å². The summed E-state index contributed by atoms with van der Waals surface area (Å²) in [7, 11) is 1.64. The van der Waals surface area contributed by atoms with Crippen LogP contribution < -0.4 is 9.57 Å². The topological polar surface area (TPSA) is 63.5 Å². The molecule has 0 aliphatic heterocycles. The summed E-state index contributed by atoms with van der Waals surface area (Å²) in [6.07, 6.45) is 2.31. The Morgan fingerprint density at radius 3 is 2.60 bits per heavy atom. The van der Waals surface area contributed by atoms with Crippen LogP contribution in [0.1, 0.15) is 11.1 Å². The molecule has 25 heavy (non-hydrogen) atoms. The highest BCUT2D eigenvalue weighted by atomic mass is 35.5. The fourth-order valence-corrected chi connectivity index (χ4v) is 3.11. The second-order valence-electron chi connectivity index (χ2n) is 5.85. The molecule has 1 unspecified atom stereocenters. The Balaban J connectivity index is 1.93. The first-order chi connectivity index (χ1) is 12.1. The number of carbonyl (C=O) groups is 1. The molecule has 0 spiro atoms. The number of nitrogens with zero attached hydrogens (tertiary/aromatic N) is 1. The Kier molecular flexibility index (Phi) is 5.26. The van der Waals surface area contributed by atoms with Crippen molar-refractivity contribution in [1.82, 2.24) is 9.40 Å². The lowest BCUT2D eigenvalue weighted by molar-refractivity contribution is -0.138. The molecule has 0 saturated carbocycles. The highest BCUT2D eigenvalue weighted by Gasteiger charge is 2.19. The third kappa shape index (κ3) is 3.78. The molecule has 3 aromatic rings. The number of para-hydroxylation sites is 1. The maximum atomic E-state index is 11.3. The summed E-state index contributed by atoms with van der Waals surface area (Å²) >= 11 is 5.58. The number of aliphatic carboxylic acids is 1. The number of hydrogen-bond donors (Lipinski definition) is 2. The first-order valence-corrected chi connectivity index (χ1v) is 8.29. The molecule has 0 aliphatic rings. The molecule has 1 atom stereocenters. The van der Waals surface area contributed by atoms with E-state index in [1.165, 1.54) is 0 Å². The van der Waals surface area contributed by atoms with Crippen LogP contribution in [-0.4, -0.2) is 28.8 Å². The molecule has 0 radical (unpaired) electrons. The highest BCUT2D eigenvalue weighted by Crippen LogP contribution is 2.24. The second-order valence-corrected chi connectivity index (χ2v) is 6.07. The van der Waals surface area contributed by atoms with E-state index in [2.05, 4.69) is 9.40 Å². The number of benzene rings is 2. The average Bonchev–Trinajstić information content (AvgIpc) is 2.98. The van der Waals surface area contributed by atoms with Gasteiger partial charge in [-0.05, 0) is 41.1 Å². The van der Waals surface area contributed by atoms with Crippen molar-refractivity contribution in [3.8, 4) is 5.75 Å². The summed E-state index contributed by atoms with van der Waals surface area (Å²) < 4.78 is 7.32. The minimum absolute atomic E-state index is 0.314. The summed E-state index contributed by atoms with van der Waals surface area (Å²) in [4.78, 5) is 13.6. The Morgan fingerprint density at radius 1 is 1.24 bits per heavy atom. The number of hydrogen-bond acceptors (Lipinski definition) is 3. The van der Waals surface area contributed by atoms with Gasteiger partial charge in [-0.3, -0.25) is 4.79 Å². The molecule has 2 aromatic carbocycles. The van der Waals surface area contributed by atoms with Crippen molar-refractivity contribution in [1.29, 1.82) is 0 Å². The lowest BCUT2D eigenvalue weighted by Crippen LogP contribution is -2.32. The maximum absolute atomic E-state index is 11.3.